The largest absolute Gasteiger partial charge is 0.381 e. The van der Waals surface area contributed by atoms with Gasteiger partial charge in [-0.25, -0.2) is 0 Å². The van der Waals surface area contributed by atoms with Crippen molar-refractivity contribution in [3.05, 3.63) is 35.4 Å². The smallest absolute Gasteiger partial charge is 0.0991 e. The van der Waals surface area contributed by atoms with Gasteiger partial charge in [0.1, 0.15) is 0 Å². The molecule has 22 heavy (non-hydrogen) atoms. The fourth-order valence-electron chi connectivity index (χ4n) is 3.37. The van der Waals surface area contributed by atoms with Gasteiger partial charge < -0.3 is 4.74 Å². The topological polar surface area (TPSA) is 33.0 Å². The molecule has 0 spiro atoms. The SMILES string of the molecule is CCCCCCOCC1CCC(c2ccc(C#N)cc2)CC1. The molecule has 2 heteroatoms. The summed E-state index contributed by atoms with van der Waals surface area (Å²) < 4.78 is 5.85. The minimum Gasteiger partial charge on any atom is -0.381 e. The summed E-state index contributed by atoms with van der Waals surface area (Å²) in [6.45, 7) is 4.13. The van der Waals surface area contributed by atoms with Crippen LogP contribution >= 0.6 is 0 Å². The summed E-state index contributed by atoms with van der Waals surface area (Å²) in [5.74, 6) is 1.43. The Balaban J connectivity index is 1.64. The van der Waals surface area contributed by atoms with Gasteiger partial charge in [0, 0.05) is 13.2 Å². The van der Waals surface area contributed by atoms with Crippen LogP contribution in [0.5, 0.6) is 0 Å². The highest BCUT2D eigenvalue weighted by Gasteiger charge is 2.22. The number of nitrogens with zero attached hydrogens (tertiary/aromatic N) is 1. The van der Waals surface area contributed by atoms with Gasteiger partial charge in [0.2, 0.25) is 0 Å². The minimum atomic E-state index is 0.675. The monoisotopic (exact) mass is 299 g/mol. The van der Waals surface area contributed by atoms with Gasteiger partial charge in [-0.1, -0.05) is 38.3 Å². The summed E-state index contributed by atoms with van der Waals surface area (Å²) >= 11 is 0. The summed E-state index contributed by atoms with van der Waals surface area (Å²) in [6.07, 6.45) is 10.2. The van der Waals surface area contributed by atoms with Crippen molar-refractivity contribution < 1.29 is 4.74 Å². The van der Waals surface area contributed by atoms with Crippen LogP contribution in [0.4, 0.5) is 0 Å². The predicted octanol–water partition coefficient (Wildman–Crippen LogP) is 5.43. The molecule has 2 nitrogen and oxygen atoms in total. The zero-order valence-corrected chi connectivity index (χ0v) is 13.9. The van der Waals surface area contributed by atoms with Crippen molar-refractivity contribution in [3.63, 3.8) is 0 Å². The van der Waals surface area contributed by atoms with Crippen molar-refractivity contribution in [1.29, 1.82) is 5.26 Å². The molecule has 120 valence electrons. The number of nitriles is 1. The second-order valence-electron chi connectivity index (χ2n) is 6.59. The second-order valence-corrected chi connectivity index (χ2v) is 6.59. The molecule has 0 bridgehead atoms. The van der Waals surface area contributed by atoms with Crippen LogP contribution in [0.25, 0.3) is 0 Å². The van der Waals surface area contributed by atoms with Crippen LogP contribution < -0.4 is 0 Å². The first-order valence-corrected chi connectivity index (χ1v) is 8.91. The Morgan fingerprint density at radius 3 is 2.41 bits per heavy atom. The van der Waals surface area contributed by atoms with Crippen LogP contribution in [0.1, 0.15) is 75.3 Å². The van der Waals surface area contributed by atoms with E-state index in [1.165, 1.54) is 56.9 Å². The van der Waals surface area contributed by atoms with Crippen LogP contribution in [0.15, 0.2) is 24.3 Å². The number of hydrogen-bond donors (Lipinski definition) is 0. The maximum atomic E-state index is 8.86. The molecule has 0 amide bonds. The molecule has 0 unspecified atom stereocenters. The fraction of sp³-hybridized carbons (Fsp3) is 0.650. The third kappa shape index (κ3) is 5.46. The first-order valence-electron chi connectivity index (χ1n) is 8.91. The quantitative estimate of drug-likeness (QED) is 0.600. The van der Waals surface area contributed by atoms with E-state index in [0.29, 0.717) is 5.92 Å². The molecule has 0 heterocycles. The highest BCUT2D eigenvalue weighted by molar-refractivity contribution is 5.33. The van der Waals surface area contributed by atoms with Crippen LogP contribution in [0, 0.1) is 17.2 Å². The third-order valence-electron chi connectivity index (χ3n) is 4.85. The third-order valence-corrected chi connectivity index (χ3v) is 4.85. The molecule has 0 aromatic heterocycles. The number of rotatable bonds is 8. The lowest BCUT2D eigenvalue weighted by Crippen LogP contribution is -2.18. The Labute approximate surface area is 135 Å². The average Bonchev–Trinajstić information content (AvgIpc) is 2.59. The van der Waals surface area contributed by atoms with E-state index in [4.69, 9.17) is 10.00 Å². The molecule has 0 radical (unpaired) electrons. The van der Waals surface area contributed by atoms with E-state index in [9.17, 15) is 0 Å². The number of ether oxygens (including phenoxy) is 1. The van der Waals surface area contributed by atoms with Gasteiger partial charge in [0.15, 0.2) is 0 Å². The normalized spacial score (nSPS) is 21.5. The molecule has 1 fully saturated rings. The van der Waals surface area contributed by atoms with Crippen molar-refractivity contribution in [2.75, 3.05) is 13.2 Å². The van der Waals surface area contributed by atoms with Gasteiger partial charge in [-0.3, -0.25) is 0 Å². The second kappa shape index (κ2) is 9.64. The Morgan fingerprint density at radius 1 is 1.05 bits per heavy atom. The molecule has 1 aromatic carbocycles. The van der Waals surface area contributed by atoms with Crippen molar-refractivity contribution >= 4 is 0 Å². The fourth-order valence-corrected chi connectivity index (χ4v) is 3.37. The van der Waals surface area contributed by atoms with Gasteiger partial charge in [-0.05, 0) is 61.6 Å². The minimum absolute atomic E-state index is 0.675. The average molecular weight is 299 g/mol. The zero-order valence-electron chi connectivity index (χ0n) is 13.9. The predicted molar refractivity (Wildman–Crippen MR) is 90.8 cm³/mol. The molecule has 0 saturated heterocycles. The lowest BCUT2D eigenvalue weighted by atomic mass is 9.79. The number of unbranched alkanes of at least 4 members (excludes halogenated alkanes) is 3. The van der Waals surface area contributed by atoms with Gasteiger partial charge in [0.05, 0.1) is 11.6 Å². The molecule has 0 N–H and O–H groups in total. The van der Waals surface area contributed by atoms with E-state index in [1.807, 2.05) is 12.1 Å². The molecule has 2 rings (SSSR count). The first kappa shape index (κ1) is 17.0. The van der Waals surface area contributed by atoms with Gasteiger partial charge in [-0.2, -0.15) is 5.26 Å². The van der Waals surface area contributed by atoms with Crippen LogP contribution in [-0.4, -0.2) is 13.2 Å². The Hall–Kier alpha value is -1.33. The van der Waals surface area contributed by atoms with E-state index in [1.54, 1.807) is 0 Å². The van der Waals surface area contributed by atoms with E-state index < -0.39 is 0 Å². The van der Waals surface area contributed by atoms with Crippen LogP contribution in [0.2, 0.25) is 0 Å². The van der Waals surface area contributed by atoms with E-state index >= 15 is 0 Å². The van der Waals surface area contributed by atoms with Crippen molar-refractivity contribution in [2.24, 2.45) is 5.92 Å². The van der Waals surface area contributed by atoms with Crippen molar-refractivity contribution in [2.45, 2.75) is 64.2 Å². The maximum absolute atomic E-state index is 8.86. The molecule has 0 aliphatic heterocycles. The van der Waals surface area contributed by atoms with Gasteiger partial charge >= 0.3 is 0 Å². The van der Waals surface area contributed by atoms with Crippen LogP contribution in [-0.2, 0) is 4.74 Å². The molecule has 1 aromatic rings. The van der Waals surface area contributed by atoms with Gasteiger partial charge in [0.25, 0.3) is 0 Å². The highest BCUT2D eigenvalue weighted by atomic mass is 16.5. The molecule has 1 aliphatic rings. The molecule has 0 atom stereocenters. The summed E-state index contributed by atoms with van der Waals surface area (Å²) in [7, 11) is 0. The molecular weight excluding hydrogens is 270 g/mol. The van der Waals surface area contributed by atoms with E-state index in [-0.39, 0.29) is 0 Å². The standard InChI is InChI=1S/C20H29NO/c1-2-3-4-5-14-22-16-18-8-12-20(13-9-18)19-10-6-17(15-21)7-11-19/h6-7,10-11,18,20H,2-5,8-9,12-14,16H2,1H3. The van der Waals surface area contributed by atoms with Gasteiger partial charge in [-0.15, -0.1) is 0 Å². The summed E-state index contributed by atoms with van der Waals surface area (Å²) in [5, 5.41) is 8.86. The highest BCUT2D eigenvalue weighted by Crippen LogP contribution is 2.35. The van der Waals surface area contributed by atoms with Crippen molar-refractivity contribution in [1.82, 2.24) is 0 Å². The summed E-state index contributed by atoms with van der Waals surface area (Å²) in [6, 6.07) is 10.3. The van der Waals surface area contributed by atoms with Crippen molar-refractivity contribution in [3.8, 4) is 6.07 Å². The number of hydrogen-bond acceptors (Lipinski definition) is 2. The van der Waals surface area contributed by atoms with Crippen LogP contribution in [0.3, 0.4) is 0 Å². The molecule has 1 saturated carbocycles. The summed E-state index contributed by atoms with van der Waals surface area (Å²) in [5.41, 5.74) is 2.16. The molecule has 1 aliphatic carbocycles. The summed E-state index contributed by atoms with van der Waals surface area (Å²) in [4.78, 5) is 0. The van der Waals surface area contributed by atoms with E-state index in [2.05, 4.69) is 25.1 Å². The molecular formula is C20H29NO. The maximum Gasteiger partial charge on any atom is 0.0991 e. The zero-order chi connectivity index (χ0) is 15.6. The Morgan fingerprint density at radius 2 is 1.77 bits per heavy atom. The Kier molecular flexibility index (Phi) is 7.46. The lowest BCUT2D eigenvalue weighted by molar-refractivity contribution is 0.0800. The lowest BCUT2D eigenvalue weighted by Gasteiger charge is -2.28. The number of benzene rings is 1. The van der Waals surface area contributed by atoms with E-state index in [0.717, 1.165) is 24.7 Å². The first-order chi connectivity index (χ1) is 10.8. The Bertz CT molecular complexity index is 452.